The number of amides is 2. The lowest BCUT2D eigenvalue weighted by Gasteiger charge is -2.40. The fourth-order valence-electron chi connectivity index (χ4n) is 4.20. The third-order valence-electron chi connectivity index (χ3n) is 5.47. The van der Waals surface area contributed by atoms with Gasteiger partial charge in [0, 0.05) is 18.5 Å². The number of nitrogens with zero attached hydrogens (tertiary/aromatic N) is 1. The first kappa shape index (κ1) is 16.4. The molecule has 1 saturated carbocycles. The molecule has 2 fully saturated rings. The molecular weight excluding hydrogens is 320 g/mol. The monoisotopic (exact) mass is 344 g/mol. The lowest BCUT2D eigenvalue weighted by atomic mass is 9.86. The van der Waals surface area contributed by atoms with Crippen molar-refractivity contribution in [3.05, 3.63) is 29.8 Å². The van der Waals surface area contributed by atoms with Crippen LogP contribution < -0.4 is 10.1 Å². The Bertz CT molecular complexity index is 669. The maximum absolute atomic E-state index is 12.6. The number of carbonyl (C=O) groups is 2. The number of rotatable bonds is 3. The largest absolute Gasteiger partial charge is 0.487 e. The van der Waals surface area contributed by atoms with E-state index in [2.05, 4.69) is 5.32 Å². The van der Waals surface area contributed by atoms with Crippen molar-refractivity contribution in [2.24, 2.45) is 0 Å². The second-order valence-corrected chi connectivity index (χ2v) is 7.22. The molecule has 6 heteroatoms. The summed E-state index contributed by atoms with van der Waals surface area (Å²) >= 11 is 0. The van der Waals surface area contributed by atoms with E-state index in [-0.39, 0.29) is 36.6 Å². The van der Waals surface area contributed by atoms with E-state index in [0.29, 0.717) is 13.2 Å². The van der Waals surface area contributed by atoms with Crippen LogP contribution in [0.3, 0.4) is 0 Å². The van der Waals surface area contributed by atoms with Crippen molar-refractivity contribution >= 4 is 11.8 Å². The Labute approximate surface area is 147 Å². The van der Waals surface area contributed by atoms with Crippen molar-refractivity contribution in [3.63, 3.8) is 0 Å². The van der Waals surface area contributed by atoms with Gasteiger partial charge in [-0.2, -0.15) is 0 Å². The molecule has 0 unspecified atom stereocenters. The Morgan fingerprint density at radius 1 is 1.28 bits per heavy atom. The molecule has 1 atom stereocenters. The summed E-state index contributed by atoms with van der Waals surface area (Å²) < 4.78 is 11.4. The molecule has 0 aromatic heterocycles. The van der Waals surface area contributed by atoms with E-state index in [9.17, 15) is 9.59 Å². The van der Waals surface area contributed by atoms with E-state index in [1.165, 1.54) is 12.8 Å². The summed E-state index contributed by atoms with van der Waals surface area (Å²) in [5, 5.41) is 3.14. The molecule has 6 nitrogen and oxygen atoms in total. The standard InChI is InChI=1S/C19H24N2O4/c22-17(12-21-9-10-24-13-18(21)23)20-15-11-19(7-3-4-8-19)25-16-6-2-1-5-14(15)16/h1-2,5-6,15H,3-4,7-13H2,(H,20,22)/t15-/m0/s1. The fourth-order valence-corrected chi connectivity index (χ4v) is 4.20. The summed E-state index contributed by atoms with van der Waals surface area (Å²) in [6, 6.07) is 7.88. The van der Waals surface area contributed by atoms with Crippen molar-refractivity contribution in [2.45, 2.75) is 43.7 Å². The minimum atomic E-state index is -0.152. The highest BCUT2D eigenvalue weighted by atomic mass is 16.5. The van der Waals surface area contributed by atoms with Crippen LogP contribution in [-0.4, -0.2) is 48.6 Å². The van der Waals surface area contributed by atoms with Gasteiger partial charge in [0.25, 0.3) is 0 Å². The Balaban J connectivity index is 1.48. The first-order valence-electron chi connectivity index (χ1n) is 9.08. The molecule has 1 aliphatic carbocycles. The normalized spacial score (nSPS) is 24.7. The molecule has 2 amide bonds. The van der Waals surface area contributed by atoms with Crippen LogP contribution >= 0.6 is 0 Å². The number of carbonyl (C=O) groups excluding carboxylic acids is 2. The Morgan fingerprint density at radius 3 is 2.88 bits per heavy atom. The Kier molecular flexibility index (Phi) is 4.37. The maximum Gasteiger partial charge on any atom is 0.249 e. The van der Waals surface area contributed by atoms with E-state index in [1.807, 2.05) is 24.3 Å². The number of para-hydroxylation sites is 1. The number of nitrogens with one attached hydrogen (secondary N) is 1. The van der Waals surface area contributed by atoms with Gasteiger partial charge in [0.05, 0.1) is 19.2 Å². The van der Waals surface area contributed by atoms with E-state index in [4.69, 9.17) is 9.47 Å². The maximum atomic E-state index is 12.6. The van der Waals surface area contributed by atoms with Crippen molar-refractivity contribution in [1.29, 1.82) is 0 Å². The zero-order valence-corrected chi connectivity index (χ0v) is 14.3. The van der Waals surface area contributed by atoms with Gasteiger partial charge in [-0.25, -0.2) is 0 Å². The minimum absolute atomic E-state index is 0.0632. The average molecular weight is 344 g/mol. The summed E-state index contributed by atoms with van der Waals surface area (Å²) in [5.74, 6) is 0.634. The number of ether oxygens (including phenoxy) is 2. The molecule has 1 aromatic carbocycles. The number of hydrogen-bond acceptors (Lipinski definition) is 4. The third kappa shape index (κ3) is 3.35. The number of fused-ring (bicyclic) bond motifs is 1. The van der Waals surface area contributed by atoms with Gasteiger partial charge in [0.1, 0.15) is 18.0 Å². The zero-order chi connectivity index (χ0) is 17.3. The molecule has 1 N–H and O–H groups in total. The van der Waals surface area contributed by atoms with Gasteiger partial charge in [-0.3, -0.25) is 9.59 Å². The van der Waals surface area contributed by atoms with Crippen LogP contribution in [0.1, 0.15) is 43.7 Å². The summed E-state index contributed by atoms with van der Waals surface area (Å²) in [7, 11) is 0. The smallest absolute Gasteiger partial charge is 0.249 e. The van der Waals surface area contributed by atoms with Gasteiger partial charge in [-0.15, -0.1) is 0 Å². The summed E-state index contributed by atoms with van der Waals surface area (Å²) in [6.45, 7) is 1.12. The van der Waals surface area contributed by atoms with Crippen LogP contribution in [0, 0.1) is 0 Å². The van der Waals surface area contributed by atoms with Gasteiger partial charge in [0.15, 0.2) is 0 Å². The van der Waals surface area contributed by atoms with Gasteiger partial charge in [-0.1, -0.05) is 18.2 Å². The second-order valence-electron chi connectivity index (χ2n) is 7.22. The highest BCUT2D eigenvalue weighted by Gasteiger charge is 2.43. The molecule has 0 bridgehead atoms. The number of morpholine rings is 1. The molecule has 2 aliphatic heterocycles. The Morgan fingerprint density at radius 2 is 2.08 bits per heavy atom. The van der Waals surface area contributed by atoms with Crippen molar-refractivity contribution in [2.75, 3.05) is 26.3 Å². The van der Waals surface area contributed by atoms with E-state index in [0.717, 1.165) is 30.6 Å². The van der Waals surface area contributed by atoms with E-state index >= 15 is 0 Å². The third-order valence-corrected chi connectivity index (χ3v) is 5.47. The highest BCUT2D eigenvalue weighted by molar-refractivity contribution is 5.86. The summed E-state index contributed by atoms with van der Waals surface area (Å²) in [5.41, 5.74) is 0.878. The first-order valence-corrected chi connectivity index (χ1v) is 9.08. The molecule has 3 aliphatic rings. The lowest BCUT2D eigenvalue weighted by molar-refractivity contribution is -0.146. The number of benzene rings is 1. The van der Waals surface area contributed by atoms with Crippen molar-refractivity contribution in [1.82, 2.24) is 10.2 Å². The number of hydrogen-bond donors (Lipinski definition) is 1. The van der Waals surface area contributed by atoms with Gasteiger partial charge in [0.2, 0.25) is 11.8 Å². The molecule has 2 heterocycles. The quantitative estimate of drug-likeness (QED) is 0.908. The first-order chi connectivity index (χ1) is 12.2. The molecule has 25 heavy (non-hydrogen) atoms. The predicted molar refractivity (Wildman–Crippen MR) is 91.2 cm³/mol. The average Bonchev–Trinajstić information content (AvgIpc) is 3.04. The van der Waals surface area contributed by atoms with E-state index in [1.54, 1.807) is 4.90 Å². The molecule has 4 rings (SSSR count). The highest BCUT2D eigenvalue weighted by Crippen LogP contribution is 2.46. The SMILES string of the molecule is O=C(CN1CCOCC1=O)N[C@H]1CC2(CCCC2)Oc2ccccc21. The molecule has 0 radical (unpaired) electrons. The van der Waals surface area contributed by atoms with Crippen LogP contribution in [0.25, 0.3) is 0 Å². The van der Waals surface area contributed by atoms with Crippen LogP contribution in [0.5, 0.6) is 5.75 Å². The lowest BCUT2D eigenvalue weighted by Crippen LogP contribution is -2.49. The summed E-state index contributed by atoms with van der Waals surface area (Å²) in [6.07, 6.45) is 5.22. The van der Waals surface area contributed by atoms with Crippen LogP contribution in [-0.2, 0) is 14.3 Å². The molecule has 1 spiro atoms. The zero-order valence-electron chi connectivity index (χ0n) is 14.3. The predicted octanol–water partition coefficient (Wildman–Crippen LogP) is 1.80. The van der Waals surface area contributed by atoms with Gasteiger partial charge >= 0.3 is 0 Å². The van der Waals surface area contributed by atoms with Crippen LogP contribution in [0.15, 0.2) is 24.3 Å². The Hall–Kier alpha value is -2.08. The summed E-state index contributed by atoms with van der Waals surface area (Å²) in [4.78, 5) is 25.9. The minimum Gasteiger partial charge on any atom is -0.487 e. The van der Waals surface area contributed by atoms with Crippen LogP contribution in [0.4, 0.5) is 0 Å². The van der Waals surface area contributed by atoms with E-state index < -0.39 is 0 Å². The van der Waals surface area contributed by atoms with Gasteiger partial charge < -0.3 is 19.7 Å². The molecule has 134 valence electrons. The fraction of sp³-hybridized carbons (Fsp3) is 0.579. The molecule has 1 saturated heterocycles. The van der Waals surface area contributed by atoms with Crippen molar-refractivity contribution < 1.29 is 19.1 Å². The van der Waals surface area contributed by atoms with Crippen molar-refractivity contribution in [3.8, 4) is 5.75 Å². The van der Waals surface area contributed by atoms with Crippen LogP contribution in [0.2, 0.25) is 0 Å². The topological polar surface area (TPSA) is 67.9 Å². The van der Waals surface area contributed by atoms with Gasteiger partial charge in [-0.05, 0) is 31.7 Å². The molecule has 1 aromatic rings. The second kappa shape index (κ2) is 6.67. The molecular formula is C19H24N2O4.